The fraction of sp³-hybridized carbons (Fsp3) is 0.875. The molecule has 0 unspecified atom stereocenters. The Kier molecular flexibility index (Phi) is 4.87. The molecule has 0 amide bonds. The van der Waals surface area contributed by atoms with Crippen molar-refractivity contribution >= 4 is 5.78 Å². The average Bonchev–Trinajstić information content (AvgIpc) is 2.90. The molecule has 0 N–H and O–H groups in total. The van der Waals surface area contributed by atoms with E-state index in [9.17, 15) is 4.79 Å². The standard InChI is InChI=1S/C24H39NO/c1-23-13-11-17(6-5-15-25(3)4)16-18(23)7-8-19-20-9-10-22(26)24(20,2)14-12-21(19)23/h6,18-21H,5,7-16H2,1-4H3/b17-6+/t18-,19-,20-,21-,23-,24-/m0/s1. The third-order valence-electron chi connectivity index (χ3n) is 9.28. The van der Waals surface area contributed by atoms with Gasteiger partial charge in [-0.15, -0.1) is 0 Å². The predicted octanol–water partition coefficient (Wildman–Crippen LogP) is 5.48. The van der Waals surface area contributed by atoms with Gasteiger partial charge in [0, 0.05) is 18.4 Å². The maximum atomic E-state index is 12.5. The van der Waals surface area contributed by atoms with E-state index in [-0.39, 0.29) is 5.41 Å². The molecular weight excluding hydrogens is 318 g/mol. The highest BCUT2D eigenvalue weighted by molar-refractivity contribution is 5.87. The second kappa shape index (κ2) is 6.76. The number of nitrogens with zero attached hydrogens (tertiary/aromatic N) is 1. The molecular formula is C24H39NO. The summed E-state index contributed by atoms with van der Waals surface area (Å²) in [5.74, 6) is 3.89. The summed E-state index contributed by atoms with van der Waals surface area (Å²) in [4.78, 5) is 14.8. The molecule has 4 fully saturated rings. The van der Waals surface area contributed by atoms with Gasteiger partial charge in [-0.1, -0.05) is 25.5 Å². The minimum absolute atomic E-state index is 0.0380. The van der Waals surface area contributed by atoms with E-state index in [1.807, 2.05) is 0 Å². The molecule has 0 aromatic heterocycles. The number of hydrogen-bond acceptors (Lipinski definition) is 2. The molecule has 0 heterocycles. The van der Waals surface area contributed by atoms with Gasteiger partial charge in [-0.2, -0.15) is 0 Å². The Morgan fingerprint density at radius 2 is 1.85 bits per heavy atom. The molecule has 0 spiro atoms. The molecule has 0 bridgehead atoms. The largest absolute Gasteiger partial charge is 0.309 e. The summed E-state index contributed by atoms with van der Waals surface area (Å²) in [6, 6.07) is 0. The first kappa shape index (κ1) is 18.7. The number of hydrogen-bond donors (Lipinski definition) is 0. The summed E-state index contributed by atoms with van der Waals surface area (Å²) < 4.78 is 0. The first-order valence-corrected chi connectivity index (χ1v) is 11.2. The van der Waals surface area contributed by atoms with Gasteiger partial charge in [0.2, 0.25) is 0 Å². The van der Waals surface area contributed by atoms with Crippen molar-refractivity contribution in [3.8, 4) is 0 Å². The monoisotopic (exact) mass is 357 g/mol. The molecule has 0 radical (unpaired) electrons. The summed E-state index contributed by atoms with van der Waals surface area (Å²) in [5.41, 5.74) is 2.31. The van der Waals surface area contributed by atoms with Crippen LogP contribution in [0.5, 0.6) is 0 Å². The van der Waals surface area contributed by atoms with Gasteiger partial charge in [0.15, 0.2) is 0 Å². The van der Waals surface area contributed by atoms with Crippen molar-refractivity contribution in [1.29, 1.82) is 0 Å². The fourth-order valence-corrected chi connectivity index (χ4v) is 7.59. The first-order chi connectivity index (χ1) is 12.3. The minimum Gasteiger partial charge on any atom is -0.309 e. The molecule has 4 rings (SSSR count). The van der Waals surface area contributed by atoms with Gasteiger partial charge in [0.1, 0.15) is 5.78 Å². The third kappa shape index (κ3) is 2.91. The normalized spacial score (nSPS) is 47.0. The topological polar surface area (TPSA) is 20.3 Å². The highest BCUT2D eigenvalue weighted by atomic mass is 16.1. The number of carbonyl (C=O) groups excluding carboxylic acids is 1. The van der Waals surface area contributed by atoms with Crippen molar-refractivity contribution in [1.82, 2.24) is 4.90 Å². The number of rotatable bonds is 3. The van der Waals surface area contributed by atoms with Gasteiger partial charge in [0.05, 0.1) is 0 Å². The van der Waals surface area contributed by atoms with Crippen LogP contribution in [-0.2, 0) is 4.79 Å². The van der Waals surface area contributed by atoms with Crippen LogP contribution in [0.15, 0.2) is 11.6 Å². The van der Waals surface area contributed by atoms with Gasteiger partial charge in [0.25, 0.3) is 0 Å². The number of carbonyl (C=O) groups is 1. The van der Waals surface area contributed by atoms with E-state index < -0.39 is 0 Å². The van der Waals surface area contributed by atoms with Gasteiger partial charge in [-0.3, -0.25) is 4.79 Å². The first-order valence-electron chi connectivity index (χ1n) is 11.2. The van der Waals surface area contributed by atoms with Crippen molar-refractivity contribution in [3.05, 3.63) is 11.6 Å². The number of Topliss-reactive ketones (excluding diaryl/α,β-unsaturated/α-hetero) is 1. The zero-order valence-corrected chi connectivity index (χ0v) is 17.5. The summed E-state index contributed by atoms with van der Waals surface area (Å²) in [5, 5.41) is 0. The Morgan fingerprint density at radius 1 is 1.04 bits per heavy atom. The summed E-state index contributed by atoms with van der Waals surface area (Å²) >= 11 is 0. The Labute approximate surface area is 160 Å². The van der Waals surface area contributed by atoms with Gasteiger partial charge in [-0.05, 0) is 101 Å². The van der Waals surface area contributed by atoms with Gasteiger partial charge in [-0.25, -0.2) is 0 Å². The molecule has 26 heavy (non-hydrogen) atoms. The highest BCUT2D eigenvalue weighted by Crippen LogP contribution is 2.65. The van der Waals surface area contributed by atoms with Gasteiger partial charge < -0.3 is 4.90 Å². The molecule has 6 atom stereocenters. The van der Waals surface area contributed by atoms with Crippen LogP contribution in [0.4, 0.5) is 0 Å². The van der Waals surface area contributed by atoms with Gasteiger partial charge >= 0.3 is 0 Å². The molecule has 0 saturated heterocycles. The lowest BCUT2D eigenvalue weighted by Crippen LogP contribution is -2.53. The molecule has 0 aromatic rings. The number of ketones is 1. The second-order valence-corrected chi connectivity index (χ2v) is 10.7. The summed E-state index contributed by atoms with van der Waals surface area (Å²) in [6.45, 7) is 6.11. The lowest BCUT2D eigenvalue weighted by molar-refractivity contribution is -0.137. The maximum Gasteiger partial charge on any atom is 0.139 e. The van der Waals surface area contributed by atoms with E-state index in [0.717, 1.165) is 24.2 Å². The summed E-state index contributed by atoms with van der Waals surface area (Å²) in [6.07, 6.45) is 15.2. The van der Waals surface area contributed by atoms with E-state index >= 15 is 0 Å². The maximum absolute atomic E-state index is 12.5. The molecule has 4 aliphatic carbocycles. The molecule has 2 heteroatoms. The van der Waals surface area contributed by atoms with Crippen molar-refractivity contribution in [3.63, 3.8) is 0 Å². The molecule has 0 aliphatic heterocycles. The third-order valence-corrected chi connectivity index (χ3v) is 9.28. The number of allylic oxidation sites excluding steroid dienone is 1. The molecule has 2 nitrogen and oxygen atoms in total. The van der Waals surface area contributed by atoms with E-state index in [2.05, 4.69) is 38.9 Å². The molecule has 0 aromatic carbocycles. The second-order valence-electron chi connectivity index (χ2n) is 10.7. The SMILES string of the molecule is CN(C)CC/C=C1\CC[C@@]2(C)[C@@H](CC[C@@H]3[C@@H]2CC[C@]2(C)C(=O)CC[C@@H]32)C1. The van der Waals surface area contributed by atoms with Crippen LogP contribution >= 0.6 is 0 Å². The van der Waals surface area contributed by atoms with Crippen molar-refractivity contribution in [2.75, 3.05) is 20.6 Å². The molecule has 4 saturated carbocycles. The van der Waals surface area contributed by atoms with Crippen LogP contribution in [0.3, 0.4) is 0 Å². The summed E-state index contributed by atoms with van der Waals surface area (Å²) in [7, 11) is 4.34. The fourth-order valence-electron chi connectivity index (χ4n) is 7.59. The quantitative estimate of drug-likeness (QED) is 0.624. The van der Waals surface area contributed by atoms with Crippen LogP contribution in [-0.4, -0.2) is 31.3 Å². The van der Waals surface area contributed by atoms with Crippen LogP contribution in [0, 0.1) is 34.5 Å². The van der Waals surface area contributed by atoms with E-state index in [1.165, 1.54) is 64.3 Å². The average molecular weight is 358 g/mol. The lowest BCUT2D eigenvalue weighted by Gasteiger charge is -2.59. The van der Waals surface area contributed by atoms with Crippen molar-refractivity contribution in [2.45, 2.75) is 78.1 Å². The van der Waals surface area contributed by atoms with E-state index in [4.69, 9.17) is 0 Å². The lowest BCUT2D eigenvalue weighted by atomic mass is 9.45. The molecule has 146 valence electrons. The smallest absolute Gasteiger partial charge is 0.139 e. The Hall–Kier alpha value is -0.630. The highest BCUT2D eigenvalue weighted by Gasteiger charge is 2.59. The minimum atomic E-state index is 0.0380. The zero-order valence-electron chi connectivity index (χ0n) is 17.5. The van der Waals surface area contributed by atoms with Crippen LogP contribution in [0.2, 0.25) is 0 Å². The number of fused-ring (bicyclic) bond motifs is 5. The predicted molar refractivity (Wildman–Crippen MR) is 108 cm³/mol. The van der Waals surface area contributed by atoms with Crippen LogP contribution < -0.4 is 0 Å². The molecule has 4 aliphatic rings. The van der Waals surface area contributed by atoms with E-state index in [1.54, 1.807) is 5.57 Å². The van der Waals surface area contributed by atoms with Crippen molar-refractivity contribution in [2.24, 2.45) is 34.5 Å². The van der Waals surface area contributed by atoms with Crippen LogP contribution in [0.25, 0.3) is 0 Å². The Morgan fingerprint density at radius 3 is 2.62 bits per heavy atom. The zero-order chi connectivity index (χ0) is 18.5. The van der Waals surface area contributed by atoms with E-state index in [0.29, 0.717) is 17.1 Å². The van der Waals surface area contributed by atoms with Crippen LogP contribution in [0.1, 0.15) is 78.1 Å². The Balaban J connectivity index is 1.48. The van der Waals surface area contributed by atoms with Crippen molar-refractivity contribution < 1.29 is 4.79 Å². The Bertz CT molecular complexity index is 593.